The zero-order valence-electron chi connectivity index (χ0n) is 12.2. The quantitative estimate of drug-likeness (QED) is 0.911. The number of amides is 2. The molecule has 114 valence electrons. The highest BCUT2D eigenvalue weighted by Gasteiger charge is 2.42. The van der Waals surface area contributed by atoms with Gasteiger partial charge < -0.3 is 10.2 Å². The average Bonchev–Trinajstić information content (AvgIpc) is 2.37. The van der Waals surface area contributed by atoms with Crippen molar-refractivity contribution >= 4 is 23.4 Å². The summed E-state index contributed by atoms with van der Waals surface area (Å²) >= 11 is 5.95. The monoisotopic (exact) mass is 312 g/mol. The van der Waals surface area contributed by atoms with Gasteiger partial charge in [-0.3, -0.25) is 9.59 Å². The summed E-state index contributed by atoms with van der Waals surface area (Å²) in [6.07, 6.45) is 0. The van der Waals surface area contributed by atoms with E-state index in [9.17, 15) is 14.0 Å². The van der Waals surface area contributed by atoms with E-state index in [2.05, 4.69) is 5.32 Å². The van der Waals surface area contributed by atoms with E-state index in [4.69, 9.17) is 11.6 Å². The number of hydrogen-bond acceptors (Lipinski definition) is 2. The predicted octanol–water partition coefficient (Wildman–Crippen LogP) is 2.35. The Bertz CT molecular complexity index is 584. The largest absolute Gasteiger partial charge is 0.345 e. The lowest BCUT2D eigenvalue weighted by molar-refractivity contribution is -0.150. The van der Waals surface area contributed by atoms with Crippen LogP contribution in [0.2, 0.25) is 5.02 Å². The molecule has 0 radical (unpaired) electrons. The fraction of sp³-hybridized carbons (Fsp3) is 0.467. The van der Waals surface area contributed by atoms with Crippen molar-refractivity contribution in [2.75, 3.05) is 6.54 Å². The molecule has 6 heteroatoms. The first kappa shape index (κ1) is 15.8. The van der Waals surface area contributed by atoms with Gasteiger partial charge in [0.1, 0.15) is 11.9 Å². The van der Waals surface area contributed by atoms with E-state index < -0.39 is 17.3 Å². The van der Waals surface area contributed by atoms with Crippen molar-refractivity contribution in [2.24, 2.45) is 5.41 Å². The lowest BCUT2D eigenvalue weighted by Gasteiger charge is -2.42. The Morgan fingerprint density at radius 1 is 1.38 bits per heavy atom. The van der Waals surface area contributed by atoms with E-state index in [-0.39, 0.29) is 29.9 Å². The third kappa shape index (κ3) is 3.18. The first-order valence-corrected chi connectivity index (χ1v) is 7.09. The average molecular weight is 313 g/mol. The summed E-state index contributed by atoms with van der Waals surface area (Å²) in [7, 11) is 0. The molecule has 0 spiro atoms. The third-order valence-electron chi connectivity index (χ3n) is 3.49. The van der Waals surface area contributed by atoms with Crippen molar-refractivity contribution in [2.45, 2.75) is 33.4 Å². The van der Waals surface area contributed by atoms with Crippen molar-refractivity contribution in [3.63, 3.8) is 0 Å². The summed E-state index contributed by atoms with van der Waals surface area (Å²) in [5, 5.41) is 2.58. The Morgan fingerprint density at radius 2 is 2.05 bits per heavy atom. The van der Waals surface area contributed by atoms with Gasteiger partial charge in [0.15, 0.2) is 0 Å². The summed E-state index contributed by atoms with van der Waals surface area (Å²) in [5.74, 6) is -0.931. The number of carbonyl (C=O) groups excluding carboxylic acids is 2. The lowest BCUT2D eigenvalue weighted by atomic mass is 9.83. The van der Waals surface area contributed by atoms with Crippen molar-refractivity contribution < 1.29 is 14.0 Å². The van der Waals surface area contributed by atoms with Gasteiger partial charge in [0.2, 0.25) is 11.8 Å². The number of nitrogens with one attached hydrogen (secondary N) is 1. The van der Waals surface area contributed by atoms with E-state index in [0.29, 0.717) is 5.56 Å². The topological polar surface area (TPSA) is 49.4 Å². The van der Waals surface area contributed by atoms with Gasteiger partial charge in [-0.05, 0) is 17.0 Å². The molecule has 21 heavy (non-hydrogen) atoms. The Kier molecular flexibility index (Phi) is 4.23. The van der Waals surface area contributed by atoms with Crippen molar-refractivity contribution in [1.29, 1.82) is 0 Å². The van der Waals surface area contributed by atoms with Crippen LogP contribution in [-0.4, -0.2) is 29.3 Å². The fourth-order valence-corrected chi connectivity index (χ4v) is 2.73. The maximum absolute atomic E-state index is 13.5. The van der Waals surface area contributed by atoms with Gasteiger partial charge in [-0.1, -0.05) is 44.5 Å². The van der Waals surface area contributed by atoms with Gasteiger partial charge in [-0.2, -0.15) is 0 Å². The number of nitrogens with zero attached hydrogens (tertiary/aromatic N) is 1. The van der Waals surface area contributed by atoms with Gasteiger partial charge >= 0.3 is 0 Å². The van der Waals surface area contributed by atoms with Crippen LogP contribution in [-0.2, 0) is 16.1 Å². The van der Waals surface area contributed by atoms with Gasteiger partial charge in [-0.15, -0.1) is 0 Å². The Hall–Kier alpha value is -1.62. The molecule has 1 fully saturated rings. The summed E-state index contributed by atoms with van der Waals surface area (Å²) in [4.78, 5) is 25.8. The molecule has 0 aromatic heterocycles. The molecule has 0 aliphatic carbocycles. The van der Waals surface area contributed by atoms with Crippen LogP contribution in [0, 0.1) is 11.2 Å². The minimum atomic E-state index is -0.613. The molecule has 1 unspecified atom stereocenters. The number of carbonyl (C=O) groups is 2. The third-order valence-corrected chi connectivity index (χ3v) is 3.91. The van der Waals surface area contributed by atoms with Crippen molar-refractivity contribution in [3.05, 3.63) is 34.6 Å². The molecule has 4 nitrogen and oxygen atoms in total. The summed E-state index contributed by atoms with van der Waals surface area (Å²) in [6, 6.07) is 3.85. The van der Waals surface area contributed by atoms with Crippen molar-refractivity contribution in [3.8, 4) is 0 Å². The van der Waals surface area contributed by atoms with Crippen LogP contribution in [0.3, 0.4) is 0 Å². The first-order valence-electron chi connectivity index (χ1n) is 6.72. The van der Waals surface area contributed by atoms with Gasteiger partial charge in [-0.25, -0.2) is 4.39 Å². The van der Waals surface area contributed by atoms with Crippen LogP contribution in [0.15, 0.2) is 18.2 Å². The van der Waals surface area contributed by atoms with E-state index in [1.54, 1.807) is 6.07 Å². The molecule has 1 saturated heterocycles. The molecular weight excluding hydrogens is 295 g/mol. The van der Waals surface area contributed by atoms with Gasteiger partial charge in [0.25, 0.3) is 0 Å². The highest BCUT2D eigenvalue weighted by atomic mass is 35.5. The highest BCUT2D eigenvalue weighted by Crippen LogP contribution is 2.29. The molecule has 2 rings (SSSR count). The summed E-state index contributed by atoms with van der Waals surface area (Å²) in [5.41, 5.74) is 0.0638. The second-order valence-electron chi connectivity index (χ2n) is 6.22. The number of piperazine rings is 1. The Labute approximate surface area is 128 Å². The lowest BCUT2D eigenvalue weighted by Crippen LogP contribution is -2.62. The number of hydrogen-bond donors (Lipinski definition) is 1. The van der Waals surface area contributed by atoms with E-state index >= 15 is 0 Å². The first-order chi connectivity index (χ1) is 9.71. The molecule has 1 aromatic carbocycles. The minimum absolute atomic E-state index is 0.0102. The van der Waals surface area contributed by atoms with Gasteiger partial charge in [0, 0.05) is 6.54 Å². The van der Waals surface area contributed by atoms with Crippen LogP contribution in [0.5, 0.6) is 0 Å². The molecule has 1 aliphatic rings. The molecule has 0 bridgehead atoms. The van der Waals surface area contributed by atoms with Crippen LogP contribution in [0.4, 0.5) is 4.39 Å². The number of rotatable bonds is 2. The SMILES string of the molecule is CC(C)(C)C1C(=O)NCC(=O)N1Cc1cccc(F)c1Cl. The van der Waals surface area contributed by atoms with E-state index in [1.165, 1.54) is 17.0 Å². The molecule has 1 aromatic rings. The normalized spacial score (nSPS) is 19.7. The van der Waals surface area contributed by atoms with Gasteiger partial charge in [0.05, 0.1) is 11.6 Å². The van der Waals surface area contributed by atoms with Crippen LogP contribution >= 0.6 is 11.6 Å². The fourth-order valence-electron chi connectivity index (χ4n) is 2.54. The molecule has 1 heterocycles. The molecule has 1 N–H and O–H groups in total. The highest BCUT2D eigenvalue weighted by molar-refractivity contribution is 6.31. The van der Waals surface area contributed by atoms with E-state index in [1.807, 2.05) is 20.8 Å². The van der Waals surface area contributed by atoms with Crippen LogP contribution in [0.1, 0.15) is 26.3 Å². The molecule has 0 saturated carbocycles. The summed E-state index contributed by atoms with van der Waals surface area (Å²) < 4.78 is 13.5. The predicted molar refractivity (Wildman–Crippen MR) is 78.2 cm³/mol. The molecule has 1 aliphatic heterocycles. The second kappa shape index (κ2) is 5.64. The number of benzene rings is 1. The molecular formula is C15H18ClFN2O2. The molecule has 2 amide bonds. The second-order valence-corrected chi connectivity index (χ2v) is 6.60. The maximum Gasteiger partial charge on any atom is 0.243 e. The van der Waals surface area contributed by atoms with E-state index in [0.717, 1.165) is 0 Å². The maximum atomic E-state index is 13.5. The smallest absolute Gasteiger partial charge is 0.243 e. The molecule has 1 atom stereocenters. The number of halogens is 2. The Balaban J connectivity index is 2.36. The zero-order chi connectivity index (χ0) is 15.8. The zero-order valence-corrected chi connectivity index (χ0v) is 13.0. The van der Waals surface area contributed by atoms with Crippen LogP contribution < -0.4 is 5.32 Å². The minimum Gasteiger partial charge on any atom is -0.345 e. The standard InChI is InChI=1S/C15H18ClFN2O2/c1-15(2,3)13-14(21)18-7-11(20)19(13)8-9-5-4-6-10(17)12(9)16/h4-6,13H,7-8H2,1-3H3,(H,18,21). The van der Waals surface area contributed by atoms with Crippen LogP contribution in [0.25, 0.3) is 0 Å². The van der Waals surface area contributed by atoms with Crippen molar-refractivity contribution in [1.82, 2.24) is 10.2 Å². The summed E-state index contributed by atoms with van der Waals surface area (Å²) in [6.45, 7) is 5.73. The Morgan fingerprint density at radius 3 is 2.67 bits per heavy atom.